The number of aliphatic hydroxyl groups excluding tert-OH is 4. The van der Waals surface area contributed by atoms with Crippen LogP contribution in [0.1, 0.15) is 35.1 Å². The zero-order valence-electron chi connectivity index (χ0n) is 11.6. The Balaban J connectivity index is -0.00000000653. The summed E-state index contributed by atoms with van der Waals surface area (Å²) >= 11 is 0. The van der Waals surface area contributed by atoms with Gasteiger partial charge in [0.1, 0.15) is 0 Å². The topological polar surface area (TPSA) is 80.9 Å². The molecule has 4 nitrogen and oxygen atoms in total. The van der Waals surface area contributed by atoms with Crippen molar-refractivity contribution in [2.24, 2.45) is 0 Å². The Labute approximate surface area is 140 Å². The van der Waals surface area contributed by atoms with E-state index in [2.05, 4.69) is 0 Å². The van der Waals surface area contributed by atoms with Crippen LogP contribution in [0.5, 0.6) is 0 Å². The Morgan fingerprint density at radius 3 is 0.529 bits per heavy atom. The Hall–Kier alpha value is 1.27. The molecule has 0 atom stereocenters. The molecule has 0 bridgehead atoms. The van der Waals surface area contributed by atoms with Crippen LogP contribution >= 0.6 is 0 Å². The summed E-state index contributed by atoms with van der Waals surface area (Å²) in [4.78, 5) is 0. The fraction of sp³-hybridized carbons (Fsp3) is 0.818. The summed E-state index contributed by atoms with van der Waals surface area (Å²) in [6.07, 6.45) is 0. The molecule has 17 heavy (non-hydrogen) atoms. The SMILES string of the molecule is C.CCO.CCO.CCO.CCO.[CH3-].[CH3-].[Ti].[Ti]. The number of aliphatic hydroxyl groups is 4. The van der Waals surface area contributed by atoms with Gasteiger partial charge in [0.2, 0.25) is 0 Å². The van der Waals surface area contributed by atoms with Crippen LogP contribution < -0.4 is 0 Å². The first-order valence-corrected chi connectivity index (χ1v) is 4.09. The van der Waals surface area contributed by atoms with Gasteiger partial charge in [-0.05, 0) is 27.7 Å². The quantitative estimate of drug-likeness (QED) is 0.402. The first kappa shape index (κ1) is 63.4. The Morgan fingerprint density at radius 1 is 0.529 bits per heavy atom. The second kappa shape index (κ2) is 165. The number of rotatable bonds is 0. The summed E-state index contributed by atoms with van der Waals surface area (Å²) in [5.74, 6) is 0. The second-order valence-corrected chi connectivity index (χ2v) is 1.26. The molecule has 0 unspecified atom stereocenters. The van der Waals surface area contributed by atoms with Crippen LogP contribution in [0.25, 0.3) is 0 Å². The molecule has 0 saturated heterocycles. The van der Waals surface area contributed by atoms with Gasteiger partial charge in [0.05, 0.1) is 0 Å². The van der Waals surface area contributed by atoms with Gasteiger partial charge in [-0.3, -0.25) is 0 Å². The maximum atomic E-state index is 7.57. The van der Waals surface area contributed by atoms with Gasteiger partial charge in [-0.15, -0.1) is 0 Å². The standard InChI is InChI=1S/4C2H6O.CH4.2CH3.2Ti/c4*1-2-3;;;;;/h4*3H,2H2,1H3;1H4;2*1H3;;/q;;;;;2*-1;;. The van der Waals surface area contributed by atoms with Crippen LogP contribution in [0.4, 0.5) is 0 Å². The fourth-order valence-electron chi connectivity index (χ4n) is 0. The van der Waals surface area contributed by atoms with Crippen LogP contribution in [0.15, 0.2) is 0 Å². The van der Waals surface area contributed by atoms with Gasteiger partial charge in [0, 0.05) is 69.9 Å². The summed E-state index contributed by atoms with van der Waals surface area (Å²) in [6, 6.07) is 0. The van der Waals surface area contributed by atoms with E-state index in [0.717, 1.165) is 0 Å². The summed E-state index contributed by atoms with van der Waals surface area (Å²) < 4.78 is 0. The number of hydrogen-bond acceptors (Lipinski definition) is 4. The van der Waals surface area contributed by atoms with E-state index in [1.54, 1.807) is 27.7 Å². The molecule has 0 aliphatic heterocycles. The van der Waals surface area contributed by atoms with Crippen LogP contribution in [-0.4, -0.2) is 46.9 Å². The van der Waals surface area contributed by atoms with Crippen molar-refractivity contribution in [1.29, 1.82) is 0 Å². The summed E-state index contributed by atoms with van der Waals surface area (Å²) in [7, 11) is 0. The third-order valence-electron chi connectivity index (χ3n) is 0. The number of hydrogen-bond donors (Lipinski definition) is 4. The summed E-state index contributed by atoms with van der Waals surface area (Å²) in [6.45, 7) is 7.72. The minimum Gasteiger partial charge on any atom is -0.397 e. The van der Waals surface area contributed by atoms with Gasteiger partial charge < -0.3 is 35.3 Å². The molecule has 0 saturated carbocycles. The van der Waals surface area contributed by atoms with Crippen LogP contribution in [0.2, 0.25) is 0 Å². The molecule has 0 radical (unpaired) electrons. The Kier molecular flexibility index (Phi) is 614. The first-order chi connectivity index (χ1) is 5.66. The maximum Gasteiger partial charge on any atom is 0.0402 e. The van der Waals surface area contributed by atoms with E-state index in [1.807, 2.05) is 0 Å². The smallest absolute Gasteiger partial charge is 0.0402 e. The molecule has 0 rings (SSSR count). The average molecular weight is 326 g/mol. The van der Waals surface area contributed by atoms with Crippen molar-refractivity contribution in [2.45, 2.75) is 35.1 Å². The van der Waals surface area contributed by atoms with Gasteiger partial charge in [-0.1, -0.05) is 7.43 Å². The van der Waals surface area contributed by atoms with Crippen molar-refractivity contribution >= 4 is 0 Å². The summed E-state index contributed by atoms with van der Waals surface area (Å²) in [5, 5.41) is 30.3. The average Bonchev–Trinajstić information content (AvgIpc) is 1.92. The molecule has 4 N–H and O–H groups in total. The molecular weight excluding hydrogens is 292 g/mol. The van der Waals surface area contributed by atoms with E-state index in [4.69, 9.17) is 20.4 Å². The fourth-order valence-corrected chi connectivity index (χ4v) is 0. The van der Waals surface area contributed by atoms with Gasteiger partial charge in [-0.2, -0.15) is 0 Å². The van der Waals surface area contributed by atoms with E-state index in [0.29, 0.717) is 0 Å². The molecule has 0 aliphatic carbocycles. The minimum absolute atomic E-state index is 0. The van der Waals surface area contributed by atoms with E-state index in [-0.39, 0.29) is 92.1 Å². The third kappa shape index (κ3) is 2500. The first-order valence-electron chi connectivity index (χ1n) is 4.09. The van der Waals surface area contributed by atoms with Crippen LogP contribution in [0.3, 0.4) is 0 Å². The molecule has 0 aromatic rings. The molecule has 0 fully saturated rings. The van der Waals surface area contributed by atoms with E-state index in [9.17, 15) is 0 Å². The minimum atomic E-state index is 0. The summed E-state index contributed by atoms with van der Waals surface area (Å²) in [5.41, 5.74) is 0. The monoisotopic (exact) mass is 326 g/mol. The van der Waals surface area contributed by atoms with Crippen molar-refractivity contribution < 1.29 is 63.9 Å². The van der Waals surface area contributed by atoms with Crippen molar-refractivity contribution in [3.05, 3.63) is 14.9 Å². The van der Waals surface area contributed by atoms with Crippen molar-refractivity contribution in [2.75, 3.05) is 26.4 Å². The predicted molar refractivity (Wildman–Crippen MR) is 70.6 cm³/mol. The van der Waals surface area contributed by atoms with Crippen LogP contribution in [-0.2, 0) is 43.4 Å². The second-order valence-electron chi connectivity index (χ2n) is 1.26. The van der Waals surface area contributed by atoms with Crippen molar-refractivity contribution in [3.63, 3.8) is 0 Å². The zero-order chi connectivity index (χ0) is 10.8. The zero-order valence-corrected chi connectivity index (χ0v) is 14.7. The molecule has 0 amide bonds. The normalized spacial score (nSPS) is 4.24. The largest absolute Gasteiger partial charge is 0.397 e. The molecular formula is C11H34O4Ti2-2. The van der Waals surface area contributed by atoms with E-state index in [1.165, 1.54) is 0 Å². The molecule has 0 aliphatic rings. The van der Waals surface area contributed by atoms with Crippen molar-refractivity contribution in [1.82, 2.24) is 0 Å². The van der Waals surface area contributed by atoms with E-state index < -0.39 is 0 Å². The Morgan fingerprint density at radius 2 is 0.529 bits per heavy atom. The molecule has 6 heteroatoms. The molecule has 0 heterocycles. The molecule has 112 valence electrons. The Bertz CT molecular complexity index is 29.4. The van der Waals surface area contributed by atoms with Crippen LogP contribution in [0, 0.1) is 14.9 Å². The predicted octanol–water partition coefficient (Wildman–Crippen LogP) is 1.53. The molecule has 0 aromatic carbocycles. The molecule has 0 aromatic heterocycles. The van der Waals surface area contributed by atoms with Gasteiger partial charge in [0.25, 0.3) is 0 Å². The van der Waals surface area contributed by atoms with Gasteiger partial charge in [0.15, 0.2) is 0 Å². The van der Waals surface area contributed by atoms with Gasteiger partial charge in [-0.25, -0.2) is 0 Å². The molecule has 0 spiro atoms. The third-order valence-corrected chi connectivity index (χ3v) is 0. The van der Waals surface area contributed by atoms with E-state index >= 15 is 0 Å². The van der Waals surface area contributed by atoms with Gasteiger partial charge >= 0.3 is 0 Å². The van der Waals surface area contributed by atoms with Crippen molar-refractivity contribution in [3.8, 4) is 0 Å². The maximum absolute atomic E-state index is 7.57.